The van der Waals surface area contributed by atoms with Crippen LogP contribution in [0.4, 0.5) is 4.39 Å². The molecule has 3 aromatic carbocycles. The minimum absolute atomic E-state index is 0.116. The second-order valence-electron chi connectivity index (χ2n) is 7.22. The molecule has 0 fully saturated rings. The Kier molecular flexibility index (Phi) is 7.03. The largest absolute Gasteiger partial charge is 0.495 e. The molecule has 164 valence electrons. The van der Waals surface area contributed by atoms with Crippen LogP contribution >= 0.6 is 0 Å². The highest BCUT2D eigenvalue weighted by Crippen LogP contribution is 2.33. The average molecular weight is 435 g/mol. The molecule has 1 amide bonds. The molecule has 1 unspecified atom stereocenters. The molecule has 3 aromatic rings. The maximum atomic E-state index is 13.4. The minimum atomic E-state index is -1.12. The van der Waals surface area contributed by atoms with Crippen LogP contribution in [0.1, 0.15) is 22.7 Å². The molecular weight excluding hydrogens is 413 g/mol. The predicted molar refractivity (Wildman–Crippen MR) is 116 cm³/mol. The normalized spacial score (nSPS) is 11.6. The van der Waals surface area contributed by atoms with Crippen LogP contribution in [0.2, 0.25) is 0 Å². The Morgan fingerprint density at radius 1 is 1.22 bits per heavy atom. The van der Waals surface area contributed by atoms with Gasteiger partial charge in [-0.2, -0.15) is 5.26 Å². The zero-order valence-corrected chi connectivity index (χ0v) is 17.6. The van der Waals surface area contributed by atoms with Crippen molar-refractivity contribution in [2.75, 3.05) is 20.7 Å². The van der Waals surface area contributed by atoms with E-state index in [-0.39, 0.29) is 6.54 Å². The number of nitrogens with one attached hydrogen (secondary N) is 1. The van der Waals surface area contributed by atoms with Gasteiger partial charge in [-0.05, 0) is 34.5 Å². The SMILES string of the molecule is COc1c(C#N)cc2ccccc2c1CN(C)C(=O)C(NCC(=O)O)c1ccc(F)cc1. The minimum Gasteiger partial charge on any atom is -0.495 e. The fourth-order valence-corrected chi connectivity index (χ4v) is 3.60. The van der Waals surface area contributed by atoms with Crippen LogP contribution < -0.4 is 10.1 Å². The van der Waals surface area contributed by atoms with Crippen LogP contribution in [0.5, 0.6) is 5.75 Å². The van der Waals surface area contributed by atoms with E-state index in [9.17, 15) is 19.2 Å². The van der Waals surface area contributed by atoms with Gasteiger partial charge in [-0.15, -0.1) is 0 Å². The number of amides is 1. The molecule has 8 heteroatoms. The zero-order valence-electron chi connectivity index (χ0n) is 17.6. The Morgan fingerprint density at radius 2 is 1.91 bits per heavy atom. The summed E-state index contributed by atoms with van der Waals surface area (Å²) in [7, 11) is 3.04. The Hall–Kier alpha value is -3.96. The topological polar surface area (TPSA) is 103 Å². The second-order valence-corrected chi connectivity index (χ2v) is 7.22. The summed E-state index contributed by atoms with van der Waals surface area (Å²) in [5.41, 5.74) is 1.45. The average Bonchev–Trinajstić information content (AvgIpc) is 2.79. The Bertz CT molecular complexity index is 1190. The number of methoxy groups -OCH3 is 1. The number of benzene rings is 3. The van der Waals surface area contributed by atoms with Crippen molar-refractivity contribution in [3.8, 4) is 11.8 Å². The zero-order chi connectivity index (χ0) is 23.3. The number of carboxylic acid groups (broad SMARTS) is 1. The van der Waals surface area contributed by atoms with Gasteiger partial charge >= 0.3 is 5.97 Å². The van der Waals surface area contributed by atoms with Crippen LogP contribution in [-0.4, -0.2) is 42.6 Å². The van der Waals surface area contributed by atoms with Crippen molar-refractivity contribution in [2.45, 2.75) is 12.6 Å². The molecule has 2 N–H and O–H groups in total. The van der Waals surface area contributed by atoms with Crippen molar-refractivity contribution in [2.24, 2.45) is 0 Å². The van der Waals surface area contributed by atoms with Crippen LogP contribution in [0.3, 0.4) is 0 Å². The summed E-state index contributed by atoms with van der Waals surface area (Å²) in [6.45, 7) is -0.331. The molecule has 0 saturated heterocycles. The number of carbonyl (C=O) groups is 2. The fraction of sp³-hybridized carbons (Fsp3) is 0.208. The van der Waals surface area contributed by atoms with Gasteiger partial charge < -0.3 is 14.7 Å². The first-order chi connectivity index (χ1) is 15.3. The van der Waals surface area contributed by atoms with Crippen molar-refractivity contribution < 1.29 is 23.8 Å². The first-order valence-corrected chi connectivity index (χ1v) is 9.80. The molecule has 0 heterocycles. The standard InChI is InChI=1S/C24H22FN3O4/c1-28(24(31)22(27-13-21(29)30)15-7-9-18(25)10-8-15)14-20-19-6-4-3-5-16(19)11-17(12-26)23(20)32-2/h3-11,22,27H,13-14H2,1-2H3,(H,29,30). The van der Waals surface area contributed by atoms with Gasteiger partial charge in [0.1, 0.15) is 23.7 Å². The van der Waals surface area contributed by atoms with Gasteiger partial charge in [-0.1, -0.05) is 36.4 Å². The molecule has 0 aliphatic rings. The lowest BCUT2D eigenvalue weighted by Gasteiger charge is -2.26. The monoisotopic (exact) mass is 435 g/mol. The lowest BCUT2D eigenvalue weighted by molar-refractivity contribution is -0.137. The number of ether oxygens (including phenoxy) is 1. The van der Waals surface area contributed by atoms with E-state index in [0.717, 1.165) is 10.8 Å². The second kappa shape index (κ2) is 9.90. The Balaban J connectivity index is 1.98. The smallest absolute Gasteiger partial charge is 0.317 e. The van der Waals surface area contributed by atoms with Crippen LogP contribution in [0.15, 0.2) is 54.6 Å². The highest BCUT2D eigenvalue weighted by atomic mass is 19.1. The third-order valence-electron chi connectivity index (χ3n) is 5.11. The molecule has 0 saturated carbocycles. The quantitative estimate of drug-likeness (QED) is 0.563. The van der Waals surface area contributed by atoms with Crippen LogP contribution in [-0.2, 0) is 16.1 Å². The van der Waals surface area contributed by atoms with E-state index in [0.29, 0.717) is 22.4 Å². The number of nitrogens with zero attached hydrogens (tertiary/aromatic N) is 2. The Morgan fingerprint density at radius 3 is 2.53 bits per heavy atom. The first-order valence-electron chi connectivity index (χ1n) is 9.80. The van der Waals surface area contributed by atoms with E-state index in [4.69, 9.17) is 9.84 Å². The molecule has 0 aliphatic heterocycles. The van der Waals surface area contributed by atoms with E-state index in [1.807, 2.05) is 24.3 Å². The lowest BCUT2D eigenvalue weighted by Crippen LogP contribution is -2.40. The van der Waals surface area contributed by atoms with Gasteiger partial charge in [0.15, 0.2) is 0 Å². The molecule has 0 bridgehead atoms. The summed E-state index contributed by atoms with van der Waals surface area (Å²) in [6, 6.07) is 15.6. The summed E-state index contributed by atoms with van der Waals surface area (Å²) in [4.78, 5) is 25.8. The fourth-order valence-electron chi connectivity index (χ4n) is 3.60. The van der Waals surface area contributed by atoms with Gasteiger partial charge in [0.2, 0.25) is 5.91 Å². The number of rotatable bonds is 8. The number of aliphatic carboxylic acids is 1. The molecule has 0 aliphatic carbocycles. The van der Waals surface area contributed by atoms with E-state index >= 15 is 0 Å². The summed E-state index contributed by atoms with van der Waals surface area (Å²) in [5, 5.41) is 23.0. The highest BCUT2D eigenvalue weighted by molar-refractivity contribution is 5.91. The number of likely N-dealkylation sites (N-methyl/N-ethyl adjacent to an activating group) is 1. The molecule has 1 atom stereocenters. The molecule has 0 spiro atoms. The third-order valence-corrected chi connectivity index (χ3v) is 5.11. The third kappa shape index (κ3) is 4.85. The summed E-state index contributed by atoms with van der Waals surface area (Å²) >= 11 is 0. The van der Waals surface area contributed by atoms with Gasteiger partial charge in [-0.25, -0.2) is 4.39 Å². The van der Waals surface area contributed by atoms with E-state index in [1.54, 1.807) is 13.1 Å². The summed E-state index contributed by atoms with van der Waals surface area (Å²) in [6.07, 6.45) is 0. The number of carboxylic acids is 1. The molecule has 0 radical (unpaired) electrons. The Labute approximate surface area is 184 Å². The van der Waals surface area contributed by atoms with Gasteiger partial charge in [0, 0.05) is 19.2 Å². The molecule has 0 aromatic heterocycles. The number of carbonyl (C=O) groups excluding carboxylic acids is 1. The van der Waals surface area contributed by atoms with Crippen molar-refractivity contribution >= 4 is 22.6 Å². The molecule has 32 heavy (non-hydrogen) atoms. The van der Waals surface area contributed by atoms with E-state index in [2.05, 4.69) is 11.4 Å². The van der Waals surface area contributed by atoms with Gasteiger partial charge in [-0.3, -0.25) is 14.9 Å². The van der Waals surface area contributed by atoms with Gasteiger partial charge in [0.25, 0.3) is 0 Å². The van der Waals surface area contributed by atoms with Crippen LogP contribution in [0, 0.1) is 17.1 Å². The lowest BCUT2D eigenvalue weighted by atomic mass is 9.98. The number of halogens is 1. The maximum Gasteiger partial charge on any atom is 0.317 e. The van der Waals surface area contributed by atoms with Gasteiger partial charge in [0.05, 0.1) is 19.2 Å². The molecule has 7 nitrogen and oxygen atoms in total. The van der Waals surface area contributed by atoms with Crippen molar-refractivity contribution in [1.82, 2.24) is 10.2 Å². The molecule has 3 rings (SSSR count). The summed E-state index contributed by atoms with van der Waals surface area (Å²) in [5.74, 6) is -1.62. The van der Waals surface area contributed by atoms with E-state index < -0.39 is 30.3 Å². The molecular formula is C24H22FN3O4. The predicted octanol–water partition coefficient (Wildman–Crippen LogP) is 3.23. The maximum absolute atomic E-state index is 13.4. The highest BCUT2D eigenvalue weighted by Gasteiger charge is 2.26. The van der Waals surface area contributed by atoms with E-state index in [1.165, 1.54) is 36.3 Å². The number of hydrogen-bond acceptors (Lipinski definition) is 5. The number of nitriles is 1. The van der Waals surface area contributed by atoms with Crippen LogP contribution in [0.25, 0.3) is 10.8 Å². The number of fused-ring (bicyclic) bond motifs is 1. The number of hydrogen-bond donors (Lipinski definition) is 2. The first kappa shape index (κ1) is 22.7. The van der Waals surface area contributed by atoms with Crippen molar-refractivity contribution in [1.29, 1.82) is 5.26 Å². The van der Waals surface area contributed by atoms with Crippen molar-refractivity contribution in [3.05, 3.63) is 77.1 Å². The van der Waals surface area contributed by atoms with Crippen molar-refractivity contribution in [3.63, 3.8) is 0 Å². The summed E-state index contributed by atoms with van der Waals surface area (Å²) < 4.78 is 18.9.